The first-order valence-electron chi connectivity index (χ1n) is 1.70. The van der Waals surface area contributed by atoms with E-state index in [1.165, 1.54) is 0 Å². The summed E-state index contributed by atoms with van der Waals surface area (Å²) in [4.78, 5) is 9.52. The summed E-state index contributed by atoms with van der Waals surface area (Å²) in [5.74, 6) is -1.40. The van der Waals surface area contributed by atoms with Crippen LogP contribution >= 0.6 is 0 Å². The fourth-order valence-corrected chi connectivity index (χ4v) is 0.0781. The summed E-state index contributed by atoms with van der Waals surface area (Å²) in [6.07, 6.45) is -1.63. The summed E-state index contributed by atoms with van der Waals surface area (Å²) < 4.78 is 0. The van der Waals surface area contributed by atoms with Gasteiger partial charge in [0.1, 0.15) is 0 Å². The molecule has 1 atom stereocenters. The maximum absolute atomic E-state index is 9.52. The molecule has 0 aromatic rings. The van der Waals surface area contributed by atoms with E-state index in [2.05, 4.69) is 0 Å². The van der Waals surface area contributed by atoms with Crippen molar-refractivity contribution >= 4 is 5.97 Å². The molecule has 0 bridgehead atoms. The summed E-state index contributed by atoms with van der Waals surface area (Å²) >= 11 is 0. The average molecular weight is 154 g/mol. The molecule has 0 radical (unpaired) electrons. The van der Waals surface area contributed by atoms with Crippen LogP contribution in [0.25, 0.3) is 0 Å². The number of carboxylic acid groups (broad SMARTS) is 1. The van der Waals surface area contributed by atoms with Gasteiger partial charge in [0, 0.05) is 21.7 Å². The fraction of sp³-hybridized carbons (Fsp3) is 0.667. The maximum Gasteiger partial charge on any atom is 0.334 e. The average Bonchev–Trinajstić information content (AvgIpc) is 1.65. The quantitative estimate of drug-likeness (QED) is 0.419. The van der Waals surface area contributed by atoms with Crippen LogP contribution in [0.15, 0.2) is 0 Å². The van der Waals surface area contributed by atoms with E-state index in [0.29, 0.717) is 0 Å². The Bertz CT molecular complexity index is 73.7. The summed E-state index contributed by atoms with van der Waals surface area (Å²) in [6.45, 7) is -0.727. The van der Waals surface area contributed by atoms with Crippen molar-refractivity contribution in [3.63, 3.8) is 0 Å². The second-order valence-electron chi connectivity index (χ2n) is 1.04. The van der Waals surface area contributed by atoms with E-state index in [-0.39, 0.29) is 21.7 Å². The minimum absolute atomic E-state index is 0. The van der Waals surface area contributed by atoms with Gasteiger partial charge in [0.05, 0.1) is 6.61 Å². The molecule has 0 saturated heterocycles. The molecule has 0 amide bonds. The Hall–Kier alpha value is 0.104. The van der Waals surface area contributed by atoms with Gasteiger partial charge in [-0.2, -0.15) is 0 Å². The number of hydrogen-bond acceptors (Lipinski definition) is 3. The fourth-order valence-electron chi connectivity index (χ4n) is 0.0781. The van der Waals surface area contributed by atoms with Crippen LogP contribution in [0, 0.1) is 0 Å². The molecule has 1 unspecified atom stereocenters. The molecule has 5 heteroatoms. The molecule has 0 rings (SSSR count). The normalized spacial score (nSPS) is 11.8. The molecule has 0 spiro atoms. The van der Waals surface area contributed by atoms with Crippen molar-refractivity contribution in [3.05, 3.63) is 0 Å². The van der Waals surface area contributed by atoms with Crippen molar-refractivity contribution in [2.24, 2.45) is 0 Å². The zero-order chi connectivity index (χ0) is 5.86. The van der Waals surface area contributed by atoms with Crippen molar-refractivity contribution in [2.45, 2.75) is 6.10 Å². The van der Waals surface area contributed by atoms with Gasteiger partial charge >= 0.3 is 5.97 Å². The number of aliphatic carboxylic acids is 1. The molecule has 46 valence electrons. The van der Waals surface area contributed by atoms with Gasteiger partial charge in [0.2, 0.25) is 0 Å². The van der Waals surface area contributed by atoms with Crippen LogP contribution in [-0.2, 0) is 26.5 Å². The minimum Gasteiger partial charge on any atom is -0.479 e. The number of hydrogen-bond donors (Lipinski definition) is 3. The van der Waals surface area contributed by atoms with Crippen LogP contribution in [0.4, 0.5) is 0 Å². The zero-order valence-electron chi connectivity index (χ0n) is 4.03. The van der Waals surface area contributed by atoms with E-state index in [1.807, 2.05) is 0 Å². The molecule has 0 aromatic carbocycles. The predicted molar refractivity (Wildman–Crippen MR) is 20.7 cm³/mol. The first-order chi connectivity index (χ1) is 3.18. The van der Waals surface area contributed by atoms with Gasteiger partial charge in [0.15, 0.2) is 6.10 Å². The Kier molecular flexibility index (Phi) is 7.20. The van der Waals surface area contributed by atoms with Gasteiger partial charge in [0.25, 0.3) is 0 Å². The molecule has 3 N–H and O–H groups in total. The third-order valence-corrected chi connectivity index (χ3v) is 0.458. The van der Waals surface area contributed by atoms with Crippen LogP contribution in [0.2, 0.25) is 0 Å². The van der Waals surface area contributed by atoms with Crippen LogP contribution in [0.1, 0.15) is 0 Å². The molecule has 0 heterocycles. The SMILES string of the molecule is O=C(O)C(O)CO.[Ti]. The molecule has 0 saturated carbocycles. The van der Waals surface area contributed by atoms with Crippen LogP contribution in [-0.4, -0.2) is 34.0 Å². The molecular weight excluding hydrogens is 148 g/mol. The van der Waals surface area contributed by atoms with Crippen LogP contribution in [0.5, 0.6) is 0 Å². The number of carbonyl (C=O) groups is 1. The Morgan fingerprint density at radius 1 is 1.62 bits per heavy atom. The molecule has 0 fully saturated rings. The number of aliphatic hydroxyl groups is 2. The van der Waals surface area contributed by atoms with Gasteiger partial charge in [-0.15, -0.1) is 0 Å². The summed E-state index contributed by atoms with van der Waals surface area (Å²) in [5, 5.41) is 23.7. The molecule has 0 aliphatic rings. The second kappa shape index (κ2) is 5.25. The second-order valence-corrected chi connectivity index (χ2v) is 1.04. The molecule has 0 aliphatic carbocycles. The van der Waals surface area contributed by atoms with Gasteiger partial charge in [-0.25, -0.2) is 4.79 Å². The first kappa shape index (κ1) is 11.0. The first-order valence-corrected chi connectivity index (χ1v) is 1.70. The molecule has 4 nitrogen and oxygen atoms in total. The van der Waals surface area contributed by atoms with Crippen LogP contribution in [0.3, 0.4) is 0 Å². The van der Waals surface area contributed by atoms with E-state index >= 15 is 0 Å². The van der Waals surface area contributed by atoms with E-state index in [0.717, 1.165) is 0 Å². The standard InChI is InChI=1S/C3H6O4.Ti/c4-1-2(5)3(6)7;/h2,4-5H,1H2,(H,6,7);. The van der Waals surface area contributed by atoms with Crippen molar-refractivity contribution in [1.82, 2.24) is 0 Å². The largest absolute Gasteiger partial charge is 0.479 e. The van der Waals surface area contributed by atoms with E-state index in [9.17, 15) is 4.79 Å². The summed E-state index contributed by atoms with van der Waals surface area (Å²) in [5.41, 5.74) is 0. The monoisotopic (exact) mass is 154 g/mol. The Morgan fingerprint density at radius 3 is 2.00 bits per heavy atom. The third-order valence-electron chi connectivity index (χ3n) is 0.458. The van der Waals surface area contributed by atoms with Crippen LogP contribution < -0.4 is 0 Å². The zero-order valence-corrected chi connectivity index (χ0v) is 5.60. The number of carboxylic acids is 1. The smallest absolute Gasteiger partial charge is 0.334 e. The third kappa shape index (κ3) is 4.27. The Balaban J connectivity index is 0. The van der Waals surface area contributed by atoms with Gasteiger partial charge in [-0.1, -0.05) is 0 Å². The maximum atomic E-state index is 9.52. The van der Waals surface area contributed by atoms with E-state index < -0.39 is 18.7 Å². The van der Waals surface area contributed by atoms with Crippen molar-refractivity contribution < 1.29 is 41.8 Å². The summed E-state index contributed by atoms with van der Waals surface area (Å²) in [6, 6.07) is 0. The number of aliphatic hydroxyl groups excluding tert-OH is 2. The van der Waals surface area contributed by atoms with Crippen molar-refractivity contribution in [3.8, 4) is 0 Å². The van der Waals surface area contributed by atoms with Crippen molar-refractivity contribution in [2.75, 3.05) is 6.61 Å². The molecule has 0 aliphatic heterocycles. The Morgan fingerprint density at radius 2 is 2.00 bits per heavy atom. The van der Waals surface area contributed by atoms with Gasteiger partial charge in [-0.05, 0) is 0 Å². The van der Waals surface area contributed by atoms with E-state index in [4.69, 9.17) is 15.3 Å². The molecule has 8 heavy (non-hydrogen) atoms. The topological polar surface area (TPSA) is 77.8 Å². The number of rotatable bonds is 2. The minimum atomic E-state index is -1.63. The van der Waals surface area contributed by atoms with Gasteiger partial charge in [-0.3, -0.25) is 0 Å². The summed E-state index contributed by atoms with van der Waals surface area (Å²) in [7, 11) is 0. The van der Waals surface area contributed by atoms with Gasteiger partial charge < -0.3 is 15.3 Å². The molecular formula is C3H6O4Ti. The molecule has 0 aromatic heterocycles. The van der Waals surface area contributed by atoms with Crippen molar-refractivity contribution in [1.29, 1.82) is 0 Å². The Labute approximate surface area is 61.0 Å². The predicted octanol–water partition coefficient (Wildman–Crippen LogP) is -1.58. The van der Waals surface area contributed by atoms with E-state index in [1.54, 1.807) is 0 Å².